The molecule has 0 aromatic heterocycles. The van der Waals surface area contributed by atoms with Crippen LogP contribution in [0.25, 0.3) is 0 Å². The molecule has 0 saturated heterocycles. The van der Waals surface area contributed by atoms with Gasteiger partial charge in [-0.15, -0.1) is 0 Å². The Hall–Kier alpha value is -1.74. The van der Waals surface area contributed by atoms with E-state index in [4.69, 9.17) is 0 Å². The molecule has 0 fully saturated rings. The average molecular weight is 275 g/mol. The van der Waals surface area contributed by atoms with Crippen LogP contribution in [-0.2, 0) is 0 Å². The molecule has 106 valence electrons. The predicted octanol–water partition coefficient (Wildman–Crippen LogP) is 4.28. The highest BCUT2D eigenvalue weighted by atomic mass is 19.1. The lowest BCUT2D eigenvalue weighted by Crippen LogP contribution is -2.23. The Kier molecular flexibility index (Phi) is 4.50. The third-order valence-corrected chi connectivity index (χ3v) is 3.39. The fourth-order valence-electron chi connectivity index (χ4n) is 2.34. The first kappa shape index (κ1) is 14.7. The van der Waals surface area contributed by atoms with Gasteiger partial charge in [-0.2, -0.15) is 0 Å². The van der Waals surface area contributed by atoms with E-state index in [9.17, 15) is 8.78 Å². The van der Waals surface area contributed by atoms with Crippen molar-refractivity contribution < 1.29 is 8.78 Å². The van der Waals surface area contributed by atoms with E-state index in [1.165, 1.54) is 12.1 Å². The summed E-state index contributed by atoms with van der Waals surface area (Å²) in [5.74, 6) is -0.489. The van der Waals surface area contributed by atoms with Crippen LogP contribution in [0.15, 0.2) is 36.4 Å². The molecule has 2 aromatic rings. The molecular weight excluding hydrogens is 256 g/mol. The minimum atomic E-state index is -0.265. The molecule has 0 aliphatic carbocycles. The fourth-order valence-corrected chi connectivity index (χ4v) is 2.34. The number of benzene rings is 2. The molecule has 0 amide bonds. The molecule has 0 bridgehead atoms. The standard InChI is InChI=1S/C17H19F2N/c1-4-20-17(13-6-8-15(18)12(3)10-13)14-9-11(2)5-7-16(14)19/h5-10,17,20H,4H2,1-3H3. The normalized spacial score (nSPS) is 12.4. The monoisotopic (exact) mass is 275 g/mol. The quantitative estimate of drug-likeness (QED) is 0.878. The zero-order chi connectivity index (χ0) is 14.7. The summed E-state index contributed by atoms with van der Waals surface area (Å²) in [5, 5.41) is 3.27. The number of nitrogens with one attached hydrogen (secondary N) is 1. The summed E-state index contributed by atoms with van der Waals surface area (Å²) in [6.07, 6.45) is 0. The molecule has 3 heteroatoms. The van der Waals surface area contributed by atoms with Crippen LogP contribution in [-0.4, -0.2) is 6.54 Å². The highest BCUT2D eigenvalue weighted by Gasteiger charge is 2.18. The van der Waals surface area contributed by atoms with Crippen LogP contribution in [0.2, 0.25) is 0 Å². The summed E-state index contributed by atoms with van der Waals surface area (Å²) in [5.41, 5.74) is 3.04. The number of hydrogen-bond acceptors (Lipinski definition) is 1. The topological polar surface area (TPSA) is 12.0 Å². The van der Waals surface area contributed by atoms with Gasteiger partial charge in [0.25, 0.3) is 0 Å². The number of halogens is 2. The highest BCUT2D eigenvalue weighted by molar-refractivity contribution is 5.37. The number of rotatable bonds is 4. The van der Waals surface area contributed by atoms with Crippen LogP contribution in [0.1, 0.15) is 35.2 Å². The van der Waals surface area contributed by atoms with E-state index in [1.807, 2.05) is 19.9 Å². The second-order valence-corrected chi connectivity index (χ2v) is 5.02. The first-order valence-corrected chi connectivity index (χ1v) is 6.78. The zero-order valence-electron chi connectivity index (χ0n) is 12.0. The van der Waals surface area contributed by atoms with Crippen LogP contribution < -0.4 is 5.32 Å². The van der Waals surface area contributed by atoms with Crippen LogP contribution >= 0.6 is 0 Å². The first-order chi connectivity index (χ1) is 9.52. The van der Waals surface area contributed by atoms with Gasteiger partial charge in [-0.3, -0.25) is 0 Å². The van der Waals surface area contributed by atoms with Crippen molar-refractivity contribution in [2.24, 2.45) is 0 Å². The molecule has 0 saturated carbocycles. The lowest BCUT2D eigenvalue weighted by atomic mass is 9.95. The SMILES string of the molecule is CCNC(c1ccc(F)c(C)c1)c1cc(C)ccc1F. The van der Waals surface area contributed by atoms with Crippen molar-refractivity contribution in [3.05, 3.63) is 70.3 Å². The molecule has 2 rings (SSSR count). The summed E-state index contributed by atoms with van der Waals surface area (Å²) >= 11 is 0. The third kappa shape index (κ3) is 3.05. The Morgan fingerprint density at radius 1 is 1.00 bits per heavy atom. The van der Waals surface area contributed by atoms with E-state index in [-0.39, 0.29) is 17.7 Å². The van der Waals surface area contributed by atoms with Gasteiger partial charge in [0.2, 0.25) is 0 Å². The summed E-state index contributed by atoms with van der Waals surface area (Å²) < 4.78 is 27.5. The lowest BCUT2D eigenvalue weighted by Gasteiger charge is -2.20. The van der Waals surface area contributed by atoms with Gasteiger partial charge in [-0.25, -0.2) is 8.78 Å². The number of hydrogen-bond donors (Lipinski definition) is 1. The first-order valence-electron chi connectivity index (χ1n) is 6.78. The molecule has 0 heterocycles. The zero-order valence-corrected chi connectivity index (χ0v) is 12.0. The maximum Gasteiger partial charge on any atom is 0.128 e. The van der Waals surface area contributed by atoms with Crippen molar-refractivity contribution >= 4 is 0 Å². The van der Waals surface area contributed by atoms with Gasteiger partial charge in [-0.05, 0) is 43.7 Å². The molecule has 20 heavy (non-hydrogen) atoms. The molecule has 0 aliphatic heterocycles. The van der Waals surface area contributed by atoms with E-state index in [0.29, 0.717) is 17.7 Å². The fraction of sp³-hybridized carbons (Fsp3) is 0.294. The van der Waals surface area contributed by atoms with Crippen molar-refractivity contribution in [3.8, 4) is 0 Å². The average Bonchev–Trinajstić information content (AvgIpc) is 2.42. The predicted molar refractivity (Wildman–Crippen MR) is 77.8 cm³/mol. The van der Waals surface area contributed by atoms with Gasteiger partial charge < -0.3 is 5.32 Å². The molecule has 2 aromatic carbocycles. The Bertz CT molecular complexity index is 608. The molecule has 1 atom stereocenters. The van der Waals surface area contributed by atoms with Crippen LogP contribution in [0.4, 0.5) is 8.78 Å². The van der Waals surface area contributed by atoms with Crippen LogP contribution in [0, 0.1) is 25.5 Å². The Balaban J connectivity index is 2.49. The van der Waals surface area contributed by atoms with Crippen molar-refractivity contribution in [2.45, 2.75) is 26.8 Å². The minimum absolute atomic E-state index is 0.242. The van der Waals surface area contributed by atoms with Gasteiger partial charge >= 0.3 is 0 Å². The molecule has 1 N–H and O–H groups in total. The molecule has 0 radical (unpaired) electrons. The van der Waals surface area contributed by atoms with Gasteiger partial charge in [0.05, 0.1) is 6.04 Å². The summed E-state index contributed by atoms with van der Waals surface area (Å²) in [6.45, 7) is 6.32. The molecule has 1 nitrogen and oxygen atoms in total. The molecule has 1 unspecified atom stereocenters. The highest BCUT2D eigenvalue weighted by Crippen LogP contribution is 2.26. The molecule has 0 spiro atoms. The van der Waals surface area contributed by atoms with E-state index in [1.54, 1.807) is 25.1 Å². The summed E-state index contributed by atoms with van der Waals surface area (Å²) in [7, 11) is 0. The maximum absolute atomic E-state index is 14.1. The third-order valence-electron chi connectivity index (χ3n) is 3.39. The van der Waals surface area contributed by atoms with Crippen molar-refractivity contribution in [1.82, 2.24) is 5.32 Å². The molecule has 0 aliphatic rings. The Morgan fingerprint density at radius 3 is 2.35 bits per heavy atom. The minimum Gasteiger partial charge on any atom is -0.306 e. The van der Waals surface area contributed by atoms with Gasteiger partial charge in [0, 0.05) is 5.56 Å². The van der Waals surface area contributed by atoms with Crippen LogP contribution in [0.3, 0.4) is 0 Å². The van der Waals surface area contributed by atoms with E-state index in [2.05, 4.69) is 5.32 Å². The second kappa shape index (κ2) is 6.14. The van der Waals surface area contributed by atoms with E-state index >= 15 is 0 Å². The van der Waals surface area contributed by atoms with Crippen molar-refractivity contribution in [1.29, 1.82) is 0 Å². The van der Waals surface area contributed by atoms with Crippen molar-refractivity contribution in [3.63, 3.8) is 0 Å². The smallest absolute Gasteiger partial charge is 0.128 e. The second-order valence-electron chi connectivity index (χ2n) is 5.02. The lowest BCUT2D eigenvalue weighted by molar-refractivity contribution is 0.556. The van der Waals surface area contributed by atoms with Gasteiger partial charge in [0.15, 0.2) is 0 Å². The number of aryl methyl sites for hydroxylation is 2. The van der Waals surface area contributed by atoms with E-state index < -0.39 is 0 Å². The summed E-state index contributed by atoms with van der Waals surface area (Å²) in [6, 6.07) is 9.70. The Morgan fingerprint density at radius 2 is 1.70 bits per heavy atom. The Labute approximate surface area is 118 Å². The van der Waals surface area contributed by atoms with Crippen molar-refractivity contribution in [2.75, 3.05) is 6.54 Å². The maximum atomic E-state index is 14.1. The van der Waals surface area contributed by atoms with Gasteiger partial charge in [-0.1, -0.05) is 36.8 Å². The van der Waals surface area contributed by atoms with Crippen LogP contribution in [0.5, 0.6) is 0 Å². The van der Waals surface area contributed by atoms with Gasteiger partial charge in [0.1, 0.15) is 11.6 Å². The summed E-state index contributed by atoms with van der Waals surface area (Å²) in [4.78, 5) is 0. The molecular formula is C17H19F2N. The largest absolute Gasteiger partial charge is 0.306 e. The van der Waals surface area contributed by atoms with E-state index in [0.717, 1.165) is 11.1 Å².